The summed E-state index contributed by atoms with van der Waals surface area (Å²) in [4.78, 5) is 12.4. The molecule has 1 spiro atoms. The van der Waals surface area contributed by atoms with Gasteiger partial charge >= 0.3 is 5.97 Å². The zero-order valence-corrected chi connectivity index (χ0v) is 19.0. The molecule has 4 atom stereocenters. The van der Waals surface area contributed by atoms with Gasteiger partial charge in [0, 0.05) is 12.0 Å². The average Bonchev–Trinajstić information content (AvgIpc) is 3.51. The van der Waals surface area contributed by atoms with Crippen molar-refractivity contribution >= 4 is 12.0 Å². The fourth-order valence-corrected chi connectivity index (χ4v) is 4.60. The molecule has 0 radical (unpaired) electrons. The van der Waals surface area contributed by atoms with Crippen molar-refractivity contribution in [1.29, 1.82) is 0 Å². The van der Waals surface area contributed by atoms with Crippen LogP contribution < -0.4 is 4.74 Å². The van der Waals surface area contributed by atoms with Crippen LogP contribution in [-0.4, -0.2) is 31.4 Å². The Morgan fingerprint density at radius 1 is 1.27 bits per heavy atom. The van der Waals surface area contributed by atoms with Crippen LogP contribution in [0, 0.1) is 17.8 Å². The molecule has 3 rings (SSSR count). The smallest absolute Gasteiger partial charge is 0.331 e. The van der Waals surface area contributed by atoms with Gasteiger partial charge in [0.25, 0.3) is 0 Å². The standard InChI is InChI=1S/C26H36O4/c1-18(2)7-6-8-19(3)24-16-23(15-20(4)26(24)17-29-26)30-25(27)14-11-21-9-12-22(28-5)13-10-21/h8-14,18,20,23-24H,6-7,15-17H2,1-5H3/b14-11+,19-8+/t20-,23-,24-,26-/m1/s1. The lowest BCUT2D eigenvalue weighted by atomic mass is 9.68. The van der Waals surface area contributed by atoms with Crippen LogP contribution in [-0.2, 0) is 14.3 Å². The molecule has 0 bridgehead atoms. The van der Waals surface area contributed by atoms with Crippen LogP contribution in [0.5, 0.6) is 5.75 Å². The molecule has 0 aromatic heterocycles. The van der Waals surface area contributed by atoms with Gasteiger partial charge in [-0.05, 0) is 68.2 Å². The van der Waals surface area contributed by atoms with Crippen LogP contribution in [0.3, 0.4) is 0 Å². The van der Waals surface area contributed by atoms with Crippen molar-refractivity contribution < 1.29 is 19.0 Å². The Bertz CT molecular complexity index is 771. The molecule has 4 nitrogen and oxygen atoms in total. The molecule has 1 heterocycles. The highest BCUT2D eigenvalue weighted by Gasteiger charge is 2.59. The normalized spacial score (nSPS) is 28.9. The molecule has 30 heavy (non-hydrogen) atoms. The number of ether oxygens (including phenoxy) is 3. The minimum Gasteiger partial charge on any atom is -0.497 e. The van der Waals surface area contributed by atoms with Gasteiger partial charge in [-0.1, -0.05) is 44.6 Å². The molecule has 164 valence electrons. The first-order valence-electron chi connectivity index (χ1n) is 11.2. The summed E-state index contributed by atoms with van der Waals surface area (Å²) in [5, 5.41) is 0. The molecule has 1 saturated carbocycles. The fraction of sp³-hybridized carbons (Fsp3) is 0.577. The van der Waals surface area contributed by atoms with Crippen molar-refractivity contribution in [2.24, 2.45) is 17.8 Å². The summed E-state index contributed by atoms with van der Waals surface area (Å²) in [6, 6.07) is 7.59. The summed E-state index contributed by atoms with van der Waals surface area (Å²) in [7, 11) is 1.64. The molecular weight excluding hydrogens is 376 g/mol. The number of methoxy groups -OCH3 is 1. The van der Waals surface area contributed by atoms with Crippen molar-refractivity contribution in [3.05, 3.63) is 47.6 Å². The molecule has 0 amide bonds. The van der Waals surface area contributed by atoms with Crippen LogP contribution in [0.15, 0.2) is 42.0 Å². The second-order valence-electron chi connectivity index (χ2n) is 9.25. The first-order chi connectivity index (χ1) is 14.3. The SMILES string of the molecule is COc1ccc(/C=C/C(=O)O[C@@H]2C[C@@H](C)[C@]3(CO3)[C@@H](/C(C)=C/CCC(C)C)C2)cc1. The van der Waals surface area contributed by atoms with E-state index in [4.69, 9.17) is 14.2 Å². The summed E-state index contributed by atoms with van der Waals surface area (Å²) in [6.45, 7) is 9.79. The van der Waals surface area contributed by atoms with Gasteiger partial charge in [-0.2, -0.15) is 0 Å². The number of carbonyl (C=O) groups is 1. The maximum absolute atomic E-state index is 12.4. The molecule has 1 aromatic carbocycles. The number of allylic oxidation sites excluding steroid dienone is 1. The molecule has 0 unspecified atom stereocenters. The van der Waals surface area contributed by atoms with Gasteiger partial charge in [-0.15, -0.1) is 0 Å². The fourth-order valence-electron chi connectivity index (χ4n) is 4.60. The molecule has 2 fully saturated rings. The lowest BCUT2D eigenvalue weighted by molar-refractivity contribution is -0.147. The van der Waals surface area contributed by atoms with Gasteiger partial charge < -0.3 is 14.2 Å². The van der Waals surface area contributed by atoms with Crippen molar-refractivity contribution in [3.8, 4) is 5.75 Å². The van der Waals surface area contributed by atoms with E-state index in [1.165, 1.54) is 18.1 Å². The summed E-state index contributed by atoms with van der Waals surface area (Å²) < 4.78 is 17.0. The van der Waals surface area contributed by atoms with Gasteiger partial charge in [-0.25, -0.2) is 4.79 Å². The minimum atomic E-state index is -0.282. The third-order valence-electron chi connectivity index (χ3n) is 6.59. The van der Waals surface area contributed by atoms with E-state index >= 15 is 0 Å². The van der Waals surface area contributed by atoms with Crippen molar-refractivity contribution in [3.63, 3.8) is 0 Å². The highest BCUT2D eigenvalue weighted by Crippen LogP contribution is 2.53. The summed E-state index contributed by atoms with van der Waals surface area (Å²) in [5.74, 6) is 1.93. The van der Waals surface area contributed by atoms with E-state index in [9.17, 15) is 4.79 Å². The Labute approximate surface area is 181 Å². The molecule has 1 aliphatic heterocycles. The van der Waals surface area contributed by atoms with Gasteiger partial charge in [0.2, 0.25) is 0 Å². The van der Waals surface area contributed by atoms with Crippen molar-refractivity contribution in [2.75, 3.05) is 13.7 Å². The monoisotopic (exact) mass is 412 g/mol. The summed E-state index contributed by atoms with van der Waals surface area (Å²) in [6.07, 6.45) is 9.60. The topological polar surface area (TPSA) is 48.1 Å². The van der Waals surface area contributed by atoms with Crippen LogP contribution in [0.2, 0.25) is 0 Å². The van der Waals surface area contributed by atoms with E-state index in [-0.39, 0.29) is 17.7 Å². The molecule has 1 saturated heterocycles. The van der Waals surface area contributed by atoms with Gasteiger partial charge in [0.1, 0.15) is 17.5 Å². The Hall–Kier alpha value is -2.07. The van der Waals surface area contributed by atoms with Crippen LogP contribution in [0.25, 0.3) is 6.08 Å². The lowest BCUT2D eigenvalue weighted by Gasteiger charge is -2.39. The summed E-state index contributed by atoms with van der Waals surface area (Å²) >= 11 is 0. The summed E-state index contributed by atoms with van der Waals surface area (Å²) in [5.41, 5.74) is 2.28. The highest BCUT2D eigenvalue weighted by atomic mass is 16.6. The number of epoxide rings is 1. The third-order valence-corrected chi connectivity index (χ3v) is 6.59. The van der Waals surface area contributed by atoms with E-state index in [0.717, 1.165) is 37.2 Å². The average molecular weight is 413 g/mol. The lowest BCUT2D eigenvalue weighted by Crippen LogP contribution is -2.43. The van der Waals surface area contributed by atoms with Crippen molar-refractivity contribution in [1.82, 2.24) is 0 Å². The van der Waals surface area contributed by atoms with E-state index in [1.807, 2.05) is 24.3 Å². The van der Waals surface area contributed by atoms with Crippen molar-refractivity contribution in [2.45, 2.75) is 65.1 Å². The van der Waals surface area contributed by atoms with E-state index < -0.39 is 0 Å². The van der Waals surface area contributed by atoms with Crippen LogP contribution in [0.4, 0.5) is 0 Å². The molecule has 2 aliphatic rings. The maximum atomic E-state index is 12.4. The molecule has 4 heteroatoms. The second kappa shape index (κ2) is 9.82. The molecule has 1 aromatic rings. The van der Waals surface area contributed by atoms with Gasteiger partial charge in [0.15, 0.2) is 0 Å². The maximum Gasteiger partial charge on any atom is 0.331 e. The predicted octanol–water partition coefficient (Wildman–Crippen LogP) is 5.82. The van der Waals surface area contributed by atoms with Crippen LogP contribution in [0.1, 0.15) is 58.9 Å². The van der Waals surface area contributed by atoms with Gasteiger partial charge in [0.05, 0.1) is 13.7 Å². The predicted molar refractivity (Wildman–Crippen MR) is 120 cm³/mol. The van der Waals surface area contributed by atoms with Gasteiger partial charge in [-0.3, -0.25) is 0 Å². The third kappa shape index (κ3) is 5.54. The number of hydrogen-bond donors (Lipinski definition) is 0. The molecule has 1 aliphatic carbocycles. The van der Waals surface area contributed by atoms with E-state index in [2.05, 4.69) is 33.8 Å². The number of hydrogen-bond acceptors (Lipinski definition) is 4. The first kappa shape index (κ1) is 22.6. The van der Waals surface area contributed by atoms with E-state index in [1.54, 1.807) is 13.2 Å². The minimum absolute atomic E-state index is 0.0414. The Balaban J connectivity index is 1.60. The number of esters is 1. The van der Waals surface area contributed by atoms with Crippen LogP contribution >= 0.6 is 0 Å². The largest absolute Gasteiger partial charge is 0.497 e. The quantitative estimate of drug-likeness (QED) is 0.234. The number of rotatable bonds is 8. The Morgan fingerprint density at radius 2 is 1.97 bits per heavy atom. The first-order valence-corrected chi connectivity index (χ1v) is 11.2. The second-order valence-corrected chi connectivity index (χ2v) is 9.25. The number of benzene rings is 1. The highest BCUT2D eigenvalue weighted by molar-refractivity contribution is 5.87. The molecular formula is C26H36O4. The number of carbonyl (C=O) groups excluding carboxylic acids is 1. The van der Waals surface area contributed by atoms with E-state index in [0.29, 0.717) is 17.8 Å². The zero-order valence-electron chi connectivity index (χ0n) is 19.0. The Kier molecular flexibility index (Phi) is 7.41. The zero-order chi connectivity index (χ0) is 21.7. The molecule has 0 N–H and O–H groups in total. The Morgan fingerprint density at radius 3 is 2.57 bits per heavy atom.